The lowest BCUT2D eigenvalue weighted by Gasteiger charge is -2.14. The van der Waals surface area contributed by atoms with E-state index in [0.29, 0.717) is 0 Å². The maximum absolute atomic E-state index is 8.24. The molecule has 0 fully saturated rings. The van der Waals surface area contributed by atoms with E-state index in [0.717, 1.165) is 4.90 Å². The molecule has 1 aliphatic heterocycles. The van der Waals surface area contributed by atoms with E-state index in [9.17, 15) is 0 Å². The predicted molar refractivity (Wildman–Crippen MR) is 60.8 cm³/mol. The second-order valence-electron chi connectivity index (χ2n) is 3.37. The van der Waals surface area contributed by atoms with Gasteiger partial charge in [0.2, 0.25) is 0 Å². The molecule has 0 radical (unpaired) electrons. The summed E-state index contributed by atoms with van der Waals surface area (Å²) in [6, 6.07) is -1.38. The summed E-state index contributed by atoms with van der Waals surface area (Å²) < 4.78 is 63.8. The summed E-state index contributed by atoms with van der Waals surface area (Å²) >= 11 is 0. The van der Waals surface area contributed by atoms with Crippen LogP contribution in [0.2, 0.25) is 0 Å². The molecule has 1 aromatic rings. The van der Waals surface area contributed by atoms with E-state index in [1.54, 1.807) is 0 Å². The van der Waals surface area contributed by atoms with E-state index < -0.39 is 24.8 Å². The Hall–Kier alpha value is -1.02. The minimum Gasteiger partial charge on any atom is -0.384 e. The van der Waals surface area contributed by atoms with Gasteiger partial charge in [0.25, 0.3) is 0 Å². The molecule has 2 rings (SSSR count). The standard InChI is InChI=1S/C12H18N2/c1-14(2)8-7-10-9-13-12-6-4-3-5-11(10)12/h3-6,10,13H,7-9H2,1-2H3/i3D,4D,5D,6D,7D2,8D2. The molecule has 1 aromatic carbocycles. The van der Waals surface area contributed by atoms with E-state index in [-0.39, 0.29) is 35.9 Å². The molecule has 0 saturated heterocycles. The van der Waals surface area contributed by atoms with Crippen LogP contribution in [0.25, 0.3) is 0 Å². The highest BCUT2D eigenvalue weighted by Gasteiger charge is 2.20. The SMILES string of the molecule is [2H]c1c([2H])c([2H])c2c(c1[2H])NCC2C([2H])([2H])C([2H])([2H])N(C)C. The number of fused-ring (bicyclic) bond motifs is 1. The third kappa shape index (κ3) is 1.90. The summed E-state index contributed by atoms with van der Waals surface area (Å²) in [7, 11) is 2.86. The van der Waals surface area contributed by atoms with Crippen molar-refractivity contribution in [3.05, 3.63) is 29.7 Å². The second-order valence-corrected chi connectivity index (χ2v) is 3.37. The fourth-order valence-corrected chi connectivity index (χ4v) is 1.36. The highest BCUT2D eigenvalue weighted by Crippen LogP contribution is 2.32. The molecule has 0 aliphatic carbocycles. The molecule has 1 N–H and O–H groups in total. The van der Waals surface area contributed by atoms with Crippen LogP contribution in [-0.2, 0) is 0 Å². The molecule has 1 unspecified atom stereocenters. The van der Waals surface area contributed by atoms with Crippen LogP contribution in [0.4, 0.5) is 5.69 Å². The molecule has 0 saturated carbocycles. The molecular weight excluding hydrogens is 172 g/mol. The van der Waals surface area contributed by atoms with Gasteiger partial charge in [0.1, 0.15) is 0 Å². The average Bonchev–Trinajstić information content (AvgIpc) is 2.87. The molecular formula is C12H18N2. The van der Waals surface area contributed by atoms with E-state index in [1.807, 2.05) is 0 Å². The van der Waals surface area contributed by atoms with Crippen molar-refractivity contribution in [1.29, 1.82) is 0 Å². The Morgan fingerprint density at radius 1 is 1.57 bits per heavy atom. The highest BCUT2D eigenvalue weighted by atomic mass is 15.0. The van der Waals surface area contributed by atoms with Crippen LogP contribution >= 0.6 is 0 Å². The Bertz CT molecular complexity index is 614. The number of anilines is 1. The number of rotatable bonds is 3. The van der Waals surface area contributed by atoms with Gasteiger partial charge in [-0.25, -0.2) is 0 Å². The first-order valence-electron chi connectivity index (χ1n) is 8.46. The fourth-order valence-electron chi connectivity index (χ4n) is 1.36. The van der Waals surface area contributed by atoms with Crippen molar-refractivity contribution in [3.8, 4) is 0 Å². The molecule has 2 heteroatoms. The topological polar surface area (TPSA) is 15.3 Å². The van der Waals surface area contributed by atoms with Crippen molar-refractivity contribution < 1.29 is 11.0 Å². The molecule has 1 heterocycles. The van der Waals surface area contributed by atoms with Crippen molar-refractivity contribution in [2.24, 2.45) is 0 Å². The Kier molecular flexibility index (Phi) is 1.10. The molecule has 0 spiro atoms. The van der Waals surface area contributed by atoms with E-state index in [1.165, 1.54) is 14.1 Å². The smallest absolute Gasteiger partial charge is 0.0645 e. The van der Waals surface area contributed by atoms with Gasteiger partial charge in [0.05, 0.1) is 5.48 Å². The number of benzene rings is 1. The number of nitrogens with zero attached hydrogens (tertiary/aromatic N) is 1. The zero-order valence-corrected chi connectivity index (χ0v) is 8.23. The lowest BCUT2D eigenvalue weighted by atomic mass is 9.98. The van der Waals surface area contributed by atoms with Crippen LogP contribution in [0.15, 0.2) is 24.2 Å². The number of hydrogen-bond donors (Lipinski definition) is 1. The van der Waals surface area contributed by atoms with Crippen molar-refractivity contribution >= 4 is 5.69 Å². The Morgan fingerprint density at radius 3 is 3.14 bits per heavy atom. The molecule has 0 amide bonds. The lowest BCUT2D eigenvalue weighted by Crippen LogP contribution is -2.16. The number of para-hydroxylation sites is 1. The van der Waals surface area contributed by atoms with Gasteiger partial charge in [-0.1, -0.05) is 18.1 Å². The third-order valence-electron chi connectivity index (χ3n) is 2.01. The summed E-state index contributed by atoms with van der Waals surface area (Å²) in [5.41, 5.74) is 0.274. The Morgan fingerprint density at radius 2 is 2.36 bits per heavy atom. The first-order valence-corrected chi connectivity index (χ1v) is 4.46. The van der Waals surface area contributed by atoms with Gasteiger partial charge < -0.3 is 10.2 Å². The quantitative estimate of drug-likeness (QED) is 0.800. The lowest BCUT2D eigenvalue weighted by molar-refractivity contribution is 0.386. The number of nitrogens with one attached hydrogen (secondary N) is 1. The molecule has 2 nitrogen and oxygen atoms in total. The van der Waals surface area contributed by atoms with E-state index in [2.05, 4.69) is 5.32 Å². The fraction of sp³-hybridized carbons (Fsp3) is 0.500. The summed E-state index contributed by atoms with van der Waals surface area (Å²) in [6.07, 6.45) is -2.34. The van der Waals surface area contributed by atoms with Gasteiger partial charge >= 0.3 is 0 Å². The van der Waals surface area contributed by atoms with Crippen molar-refractivity contribution in [2.45, 2.75) is 12.3 Å². The minimum atomic E-state index is -2.34. The van der Waals surface area contributed by atoms with Crippen molar-refractivity contribution in [3.63, 3.8) is 0 Å². The van der Waals surface area contributed by atoms with Crippen LogP contribution in [-0.4, -0.2) is 32.0 Å². The van der Waals surface area contributed by atoms with Gasteiger partial charge in [0, 0.05) is 23.6 Å². The first kappa shape index (κ1) is 3.86. The average molecular weight is 198 g/mol. The highest BCUT2D eigenvalue weighted by molar-refractivity contribution is 5.57. The van der Waals surface area contributed by atoms with Crippen LogP contribution in [0, 0.1) is 0 Å². The molecule has 76 valence electrons. The monoisotopic (exact) mass is 198 g/mol. The van der Waals surface area contributed by atoms with Gasteiger partial charge in [-0.05, 0) is 38.6 Å². The maximum atomic E-state index is 8.24. The summed E-state index contributed by atoms with van der Waals surface area (Å²) in [5.74, 6) is -1.01. The van der Waals surface area contributed by atoms with Gasteiger partial charge in [-0.15, -0.1) is 0 Å². The van der Waals surface area contributed by atoms with Gasteiger partial charge in [-0.2, -0.15) is 0 Å². The molecule has 1 atom stereocenters. The summed E-state index contributed by atoms with van der Waals surface area (Å²) in [4.78, 5) is 1.14. The second kappa shape index (κ2) is 4.01. The van der Waals surface area contributed by atoms with E-state index >= 15 is 0 Å². The Balaban J connectivity index is 2.63. The Labute approximate surface area is 97.2 Å². The summed E-state index contributed by atoms with van der Waals surface area (Å²) in [6.45, 7) is -2.27. The van der Waals surface area contributed by atoms with Crippen LogP contribution in [0.5, 0.6) is 0 Å². The van der Waals surface area contributed by atoms with Crippen molar-refractivity contribution in [2.75, 3.05) is 32.5 Å². The minimum absolute atomic E-state index is 0.0241. The predicted octanol–water partition coefficient (Wildman–Crippen LogP) is 2.15. The molecule has 14 heavy (non-hydrogen) atoms. The molecule has 0 bridgehead atoms. The normalized spacial score (nSPS) is 29.8. The largest absolute Gasteiger partial charge is 0.384 e. The zero-order valence-electron chi connectivity index (χ0n) is 16.2. The summed E-state index contributed by atoms with van der Waals surface area (Å²) in [5, 5.41) is 2.81. The third-order valence-corrected chi connectivity index (χ3v) is 2.01. The van der Waals surface area contributed by atoms with Crippen molar-refractivity contribution in [1.82, 2.24) is 4.90 Å². The first-order chi connectivity index (χ1) is 9.94. The zero-order chi connectivity index (χ0) is 17.0. The number of hydrogen-bond acceptors (Lipinski definition) is 2. The van der Waals surface area contributed by atoms with E-state index in [4.69, 9.17) is 11.0 Å². The van der Waals surface area contributed by atoms with Gasteiger partial charge in [0.15, 0.2) is 0 Å². The van der Waals surface area contributed by atoms with Gasteiger partial charge in [-0.3, -0.25) is 0 Å². The molecule has 1 aliphatic rings. The maximum Gasteiger partial charge on any atom is 0.0645 e. The van der Waals surface area contributed by atoms with Crippen LogP contribution in [0.3, 0.4) is 0 Å². The van der Waals surface area contributed by atoms with Crippen LogP contribution in [0.1, 0.15) is 28.8 Å². The van der Waals surface area contributed by atoms with Crippen LogP contribution < -0.4 is 5.32 Å². The molecule has 0 aromatic heterocycles.